The number of hydrogen-bond donors (Lipinski definition) is 3. The van der Waals surface area contributed by atoms with Gasteiger partial charge in [0.1, 0.15) is 18.0 Å². The fraction of sp³-hybridized carbons (Fsp3) is 0.615. The number of para-hydroxylation sites is 1. The van der Waals surface area contributed by atoms with E-state index in [4.69, 9.17) is 9.47 Å². The van der Waals surface area contributed by atoms with Gasteiger partial charge in [0.2, 0.25) is 11.8 Å². The highest BCUT2D eigenvalue weighted by Crippen LogP contribution is 2.47. The minimum Gasteiger partial charge on any atom is -0.486 e. The molecule has 0 spiro atoms. The number of aliphatic hydroxyl groups is 2. The lowest BCUT2D eigenvalue weighted by atomic mass is 9.77. The van der Waals surface area contributed by atoms with Crippen molar-refractivity contribution in [1.82, 2.24) is 15.1 Å². The molecule has 2 amide bonds. The number of aliphatic hydroxyl groups excluding tert-OH is 2. The van der Waals surface area contributed by atoms with Crippen molar-refractivity contribution in [2.45, 2.75) is 44.4 Å². The van der Waals surface area contributed by atoms with Crippen LogP contribution in [0.3, 0.4) is 0 Å². The van der Waals surface area contributed by atoms with E-state index in [1.165, 1.54) is 0 Å². The van der Waals surface area contributed by atoms with Gasteiger partial charge in [-0.15, -0.1) is 0 Å². The predicted octanol–water partition coefficient (Wildman–Crippen LogP) is 0.516. The second-order valence-electron chi connectivity index (χ2n) is 9.82. The molecular weight excluding hydrogens is 450 g/mol. The molecule has 0 unspecified atom stereocenters. The first kappa shape index (κ1) is 25.6. The van der Waals surface area contributed by atoms with Crippen LogP contribution in [0.2, 0.25) is 0 Å². The molecule has 2 heterocycles. The van der Waals surface area contributed by atoms with Crippen molar-refractivity contribution in [3.8, 4) is 5.75 Å². The van der Waals surface area contributed by atoms with Crippen LogP contribution < -0.4 is 10.1 Å². The number of carbonyl (C=O) groups excluding carboxylic acids is 2. The van der Waals surface area contributed by atoms with Crippen molar-refractivity contribution >= 4 is 11.8 Å². The number of carbonyl (C=O) groups is 2. The Morgan fingerprint density at radius 2 is 1.97 bits per heavy atom. The maximum atomic E-state index is 13.4. The minimum absolute atomic E-state index is 0.0577. The van der Waals surface area contributed by atoms with Crippen LogP contribution in [0.4, 0.5) is 0 Å². The van der Waals surface area contributed by atoms with Crippen LogP contribution in [0.1, 0.15) is 31.7 Å². The summed E-state index contributed by atoms with van der Waals surface area (Å²) in [6.45, 7) is 7.94. The maximum Gasteiger partial charge on any atom is 0.247 e. The highest BCUT2D eigenvalue weighted by atomic mass is 16.5. The molecule has 0 saturated carbocycles. The summed E-state index contributed by atoms with van der Waals surface area (Å²) in [5, 5.41) is 23.5. The number of nitrogens with zero attached hydrogens (tertiary/aromatic N) is 2. The molecule has 1 aromatic rings. The normalized spacial score (nSPS) is 25.9. The topological polar surface area (TPSA) is 112 Å². The van der Waals surface area contributed by atoms with Crippen LogP contribution in [-0.4, -0.2) is 103 Å². The first-order chi connectivity index (χ1) is 16.9. The first-order valence-corrected chi connectivity index (χ1v) is 12.5. The third-order valence-electron chi connectivity index (χ3n) is 6.90. The Balaban J connectivity index is 1.66. The lowest BCUT2D eigenvalue weighted by Crippen LogP contribution is -2.57. The molecule has 0 radical (unpaired) electrons. The summed E-state index contributed by atoms with van der Waals surface area (Å²) >= 11 is 0. The molecule has 3 N–H and O–H groups in total. The van der Waals surface area contributed by atoms with Gasteiger partial charge in [0.15, 0.2) is 0 Å². The zero-order valence-electron chi connectivity index (χ0n) is 20.6. The zero-order chi connectivity index (χ0) is 24.9. The fourth-order valence-corrected chi connectivity index (χ4v) is 5.17. The van der Waals surface area contributed by atoms with Crippen LogP contribution in [0.25, 0.3) is 0 Å². The van der Waals surface area contributed by atoms with E-state index >= 15 is 0 Å². The smallest absolute Gasteiger partial charge is 0.247 e. The average Bonchev–Trinajstić information content (AvgIpc) is 3.24. The van der Waals surface area contributed by atoms with Crippen LogP contribution in [-0.2, 0) is 14.3 Å². The van der Waals surface area contributed by atoms with Crippen LogP contribution in [0.15, 0.2) is 35.9 Å². The molecule has 0 bridgehead atoms. The van der Waals surface area contributed by atoms with Crippen molar-refractivity contribution in [2.75, 3.05) is 52.5 Å². The van der Waals surface area contributed by atoms with E-state index in [1.807, 2.05) is 38.1 Å². The molecule has 35 heavy (non-hydrogen) atoms. The van der Waals surface area contributed by atoms with E-state index in [1.54, 1.807) is 11.0 Å². The van der Waals surface area contributed by atoms with Crippen molar-refractivity contribution in [1.29, 1.82) is 0 Å². The zero-order valence-corrected chi connectivity index (χ0v) is 20.6. The van der Waals surface area contributed by atoms with Crippen molar-refractivity contribution in [3.05, 3.63) is 41.5 Å². The van der Waals surface area contributed by atoms with Gasteiger partial charge in [0.25, 0.3) is 0 Å². The van der Waals surface area contributed by atoms with E-state index < -0.39 is 24.2 Å². The molecule has 1 aromatic carbocycles. The molecule has 0 aromatic heterocycles. The Morgan fingerprint density at radius 3 is 2.69 bits per heavy atom. The Morgan fingerprint density at radius 1 is 1.23 bits per heavy atom. The van der Waals surface area contributed by atoms with Gasteiger partial charge in [-0.3, -0.25) is 14.5 Å². The molecular formula is C26H37N3O6. The Hall–Kier alpha value is -2.46. The number of rotatable bonds is 9. The number of nitrogens with one attached hydrogen (secondary N) is 1. The molecule has 9 heteroatoms. The monoisotopic (exact) mass is 487 g/mol. The van der Waals surface area contributed by atoms with Gasteiger partial charge < -0.3 is 29.9 Å². The molecule has 4 atom stereocenters. The largest absolute Gasteiger partial charge is 0.486 e. The molecule has 2 aliphatic heterocycles. The number of fused-ring (bicyclic) bond motifs is 3. The second kappa shape index (κ2) is 11.5. The molecule has 4 rings (SSSR count). The summed E-state index contributed by atoms with van der Waals surface area (Å²) < 4.78 is 11.6. The second-order valence-corrected chi connectivity index (χ2v) is 9.82. The summed E-state index contributed by atoms with van der Waals surface area (Å²) in [5.41, 5.74) is 1.30. The SMILES string of the molecule is CC(C)CC(=O)N(CCN1CCOCC1)[C@@H]1C=C(C(=O)NCCO)[C@@H]2c3ccccc3O[C@@H]2[C@H]1O. The highest BCUT2D eigenvalue weighted by molar-refractivity contribution is 5.96. The lowest BCUT2D eigenvalue weighted by Gasteiger charge is -2.41. The molecule has 9 nitrogen and oxygen atoms in total. The first-order valence-electron chi connectivity index (χ1n) is 12.5. The van der Waals surface area contributed by atoms with Crippen LogP contribution >= 0.6 is 0 Å². The summed E-state index contributed by atoms with van der Waals surface area (Å²) in [7, 11) is 0. The van der Waals surface area contributed by atoms with Gasteiger partial charge in [-0.2, -0.15) is 0 Å². The fourth-order valence-electron chi connectivity index (χ4n) is 5.17. The van der Waals surface area contributed by atoms with Crippen molar-refractivity contribution < 1.29 is 29.3 Å². The molecule has 1 fully saturated rings. The summed E-state index contributed by atoms with van der Waals surface area (Å²) in [5.74, 6) is -0.0349. The van der Waals surface area contributed by atoms with E-state index in [9.17, 15) is 19.8 Å². The quantitative estimate of drug-likeness (QED) is 0.466. The van der Waals surface area contributed by atoms with E-state index in [0.29, 0.717) is 44.0 Å². The van der Waals surface area contributed by atoms with Crippen molar-refractivity contribution in [3.63, 3.8) is 0 Å². The van der Waals surface area contributed by atoms with Crippen LogP contribution in [0.5, 0.6) is 5.75 Å². The summed E-state index contributed by atoms with van der Waals surface area (Å²) in [4.78, 5) is 30.5. The highest BCUT2D eigenvalue weighted by Gasteiger charge is 2.50. The molecule has 1 aliphatic carbocycles. The number of morpholine rings is 1. The molecule has 1 saturated heterocycles. The van der Waals surface area contributed by atoms with E-state index in [-0.39, 0.29) is 30.9 Å². The Labute approximate surface area is 206 Å². The number of benzene rings is 1. The Kier molecular flexibility index (Phi) is 8.43. The third kappa shape index (κ3) is 5.69. The van der Waals surface area contributed by atoms with Gasteiger partial charge in [-0.05, 0) is 18.1 Å². The van der Waals surface area contributed by atoms with E-state index in [2.05, 4.69) is 10.2 Å². The predicted molar refractivity (Wildman–Crippen MR) is 130 cm³/mol. The van der Waals surface area contributed by atoms with Gasteiger partial charge >= 0.3 is 0 Å². The van der Waals surface area contributed by atoms with Crippen molar-refractivity contribution in [2.24, 2.45) is 5.92 Å². The summed E-state index contributed by atoms with van der Waals surface area (Å²) in [6, 6.07) is 6.77. The lowest BCUT2D eigenvalue weighted by molar-refractivity contribution is -0.138. The van der Waals surface area contributed by atoms with Gasteiger partial charge in [-0.25, -0.2) is 0 Å². The minimum atomic E-state index is -0.998. The maximum absolute atomic E-state index is 13.4. The summed E-state index contributed by atoms with van der Waals surface area (Å²) in [6.07, 6.45) is 0.403. The Bertz CT molecular complexity index is 929. The number of hydrogen-bond acceptors (Lipinski definition) is 7. The third-order valence-corrected chi connectivity index (χ3v) is 6.90. The number of amides is 2. The number of ether oxygens (including phenoxy) is 2. The van der Waals surface area contributed by atoms with E-state index in [0.717, 1.165) is 18.7 Å². The van der Waals surface area contributed by atoms with Gasteiger partial charge in [0.05, 0.1) is 31.8 Å². The molecule has 192 valence electrons. The molecule has 3 aliphatic rings. The van der Waals surface area contributed by atoms with Gasteiger partial charge in [0, 0.05) is 50.3 Å². The average molecular weight is 488 g/mol. The van der Waals surface area contributed by atoms with Crippen LogP contribution in [0, 0.1) is 5.92 Å². The van der Waals surface area contributed by atoms with Gasteiger partial charge in [-0.1, -0.05) is 32.0 Å². The standard InChI is InChI=1S/C26H37N3O6/c1-17(2)15-22(31)29(9-8-28-10-13-34-14-11-28)20-16-19(26(33)27-7-12-30)23-18-5-3-4-6-21(18)35-25(23)24(20)32/h3-6,16-17,20,23-25,30,32H,7-15H2,1-2H3,(H,27,33)/t20-,23+,24+,25+/m1/s1.